The van der Waals surface area contributed by atoms with Gasteiger partial charge >= 0.3 is 0 Å². The largest absolute Gasteiger partial charge is 0.389 e. The Morgan fingerprint density at radius 1 is 1.39 bits per heavy atom. The Balaban J connectivity index is 2.57. The third kappa shape index (κ3) is 4.98. The summed E-state index contributed by atoms with van der Waals surface area (Å²) in [5.74, 6) is 1.07. The van der Waals surface area contributed by atoms with Crippen LogP contribution in [0.4, 0.5) is 0 Å². The molecule has 102 valence electrons. The van der Waals surface area contributed by atoms with Gasteiger partial charge in [-0.05, 0) is 24.3 Å². The molecule has 1 aromatic carbocycles. The monoisotopic (exact) mass is 269 g/mol. The highest BCUT2D eigenvalue weighted by Gasteiger charge is 2.11. The van der Waals surface area contributed by atoms with Gasteiger partial charge in [0.2, 0.25) is 0 Å². The number of rotatable bonds is 8. The minimum Gasteiger partial charge on any atom is -0.389 e. The molecule has 0 spiro atoms. The molecule has 3 nitrogen and oxygen atoms in total. The minimum absolute atomic E-state index is 0.228. The fourth-order valence-corrected chi connectivity index (χ4v) is 2.70. The third-order valence-electron chi connectivity index (χ3n) is 2.70. The van der Waals surface area contributed by atoms with Crippen LogP contribution in [0.15, 0.2) is 29.2 Å². The van der Waals surface area contributed by atoms with Crippen molar-refractivity contribution in [3.05, 3.63) is 29.8 Å². The molecule has 0 aliphatic rings. The molecule has 0 saturated carbocycles. The third-order valence-corrected chi connectivity index (χ3v) is 3.68. The van der Waals surface area contributed by atoms with Crippen molar-refractivity contribution in [3.63, 3.8) is 0 Å². The van der Waals surface area contributed by atoms with Crippen molar-refractivity contribution in [2.45, 2.75) is 30.9 Å². The molecular formula is C14H23NO2S. The Bertz CT molecular complexity index is 346. The van der Waals surface area contributed by atoms with Crippen LogP contribution in [-0.4, -0.2) is 37.2 Å². The highest BCUT2D eigenvalue weighted by atomic mass is 32.2. The average Bonchev–Trinajstić information content (AvgIpc) is 2.37. The van der Waals surface area contributed by atoms with Gasteiger partial charge in [-0.15, -0.1) is 11.8 Å². The first kappa shape index (κ1) is 15.5. The summed E-state index contributed by atoms with van der Waals surface area (Å²) >= 11 is 1.85. The number of ether oxygens (including phenoxy) is 1. The van der Waals surface area contributed by atoms with Crippen molar-refractivity contribution in [2.75, 3.05) is 26.0 Å². The van der Waals surface area contributed by atoms with Crippen LogP contribution in [0.25, 0.3) is 0 Å². The van der Waals surface area contributed by atoms with Crippen LogP contribution < -0.4 is 5.32 Å². The van der Waals surface area contributed by atoms with E-state index in [9.17, 15) is 5.11 Å². The molecule has 0 heterocycles. The van der Waals surface area contributed by atoms with Gasteiger partial charge in [-0.25, -0.2) is 0 Å². The number of aliphatic hydroxyl groups excluding tert-OH is 1. The molecular weight excluding hydrogens is 246 g/mol. The SMILES string of the molecule is CCSc1ccccc1C(C)NCC(O)COC. The van der Waals surface area contributed by atoms with Gasteiger partial charge in [-0.3, -0.25) is 0 Å². The Morgan fingerprint density at radius 3 is 2.78 bits per heavy atom. The lowest BCUT2D eigenvalue weighted by Gasteiger charge is -2.19. The summed E-state index contributed by atoms with van der Waals surface area (Å²) in [5.41, 5.74) is 1.29. The maximum absolute atomic E-state index is 9.62. The zero-order valence-electron chi connectivity index (χ0n) is 11.3. The molecule has 0 aliphatic carbocycles. The number of thioether (sulfide) groups is 1. The van der Waals surface area contributed by atoms with Gasteiger partial charge in [-0.1, -0.05) is 25.1 Å². The van der Waals surface area contributed by atoms with E-state index in [-0.39, 0.29) is 6.04 Å². The molecule has 2 unspecified atom stereocenters. The van der Waals surface area contributed by atoms with Crippen molar-refractivity contribution < 1.29 is 9.84 Å². The van der Waals surface area contributed by atoms with E-state index >= 15 is 0 Å². The van der Waals surface area contributed by atoms with Crippen molar-refractivity contribution in [2.24, 2.45) is 0 Å². The van der Waals surface area contributed by atoms with E-state index in [0.29, 0.717) is 13.2 Å². The average molecular weight is 269 g/mol. The van der Waals surface area contributed by atoms with Crippen LogP contribution in [0.1, 0.15) is 25.5 Å². The smallest absolute Gasteiger partial charge is 0.0897 e. The van der Waals surface area contributed by atoms with Crippen LogP contribution in [0.2, 0.25) is 0 Å². The number of aliphatic hydroxyl groups is 1. The Hall–Kier alpha value is -0.550. The van der Waals surface area contributed by atoms with Gasteiger partial charge in [-0.2, -0.15) is 0 Å². The van der Waals surface area contributed by atoms with Crippen molar-refractivity contribution in [3.8, 4) is 0 Å². The lowest BCUT2D eigenvalue weighted by molar-refractivity contribution is 0.0630. The lowest BCUT2D eigenvalue weighted by atomic mass is 10.1. The van der Waals surface area contributed by atoms with E-state index < -0.39 is 6.10 Å². The summed E-state index contributed by atoms with van der Waals surface area (Å²) in [4.78, 5) is 1.31. The summed E-state index contributed by atoms with van der Waals surface area (Å²) < 4.78 is 4.91. The van der Waals surface area contributed by atoms with Gasteiger partial charge in [0, 0.05) is 24.6 Å². The molecule has 1 rings (SSSR count). The summed E-state index contributed by atoms with van der Waals surface area (Å²) in [6.07, 6.45) is -0.455. The predicted octanol–water partition coefficient (Wildman–Crippen LogP) is 2.46. The summed E-state index contributed by atoms with van der Waals surface area (Å²) in [7, 11) is 1.60. The van der Waals surface area contributed by atoms with Gasteiger partial charge in [0.1, 0.15) is 0 Å². The van der Waals surface area contributed by atoms with Crippen molar-refractivity contribution >= 4 is 11.8 Å². The second-order valence-corrected chi connectivity index (χ2v) is 5.52. The molecule has 0 radical (unpaired) electrons. The molecule has 4 heteroatoms. The topological polar surface area (TPSA) is 41.5 Å². The van der Waals surface area contributed by atoms with E-state index in [0.717, 1.165) is 5.75 Å². The maximum Gasteiger partial charge on any atom is 0.0897 e. The summed E-state index contributed by atoms with van der Waals surface area (Å²) in [6.45, 7) is 5.18. The van der Waals surface area contributed by atoms with Gasteiger partial charge in [0.15, 0.2) is 0 Å². The molecule has 2 N–H and O–H groups in total. The quantitative estimate of drug-likeness (QED) is 0.711. The Labute approximate surface area is 114 Å². The highest BCUT2D eigenvalue weighted by Crippen LogP contribution is 2.26. The molecule has 0 amide bonds. The van der Waals surface area contributed by atoms with Crippen LogP contribution in [-0.2, 0) is 4.74 Å². The van der Waals surface area contributed by atoms with Crippen molar-refractivity contribution in [1.29, 1.82) is 0 Å². The first-order valence-electron chi connectivity index (χ1n) is 6.31. The van der Waals surface area contributed by atoms with Crippen LogP contribution in [0.3, 0.4) is 0 Å². The Morgan fingerprint density at radius 2 is 2.11 bits per heavy atom. The Kier molecular flexibility index (Phi) is 7.35. The molecule has 0 aliphatic heterocycles. The minimum atomic E-state index is -0.455. The molecule has 1 aromatic rings. The van der Waals surface area contributed by atoms with E-state index in [1.807, 2.05) is 11.8 Å². The second-order valence-electron chi connectivity index (χ2n) is 4.21. The number of nitrogens with one attached hydrogen (secondary N) is 1. The predicted molar refractivity (Wildman–Crippen MR) is 77.1 cm³/mol. The zero-order valence-corrected chi connectivity index (χ0v) is 12.2. The first-order chi connectivity index (χ1) is 8.69. The number of benzene rings is 1. The van der Waals surface area contributed by atoms with E-state index in [4.69, 9.17) is 4.74 Å². The number of hydrogen-bond donors (Lipinski definition) is 2. The first-order valence-corrected chi connectivity index (χ1v) is 7.29. The zero-order chi connectivity index (χ0) is 13.4. The van der Waals surface area contributed by atoms with Gasteiger partial charge in [0.05, 0.1) is 12.7 Å². The molecule has 18 heavy (non-hydrogen) atoms. The number of methoxy groups -OCH3 is 1. The standard InChI is InChI=1S/C14H23NO2S/c1-4-18-14-8-6-5-7-13(14)11(2)15-9-12(16)10-17-3/h5-8,11-12,15-16H,4,9-10H2,1-3H3. The number of hydrogen-bond acceptors (Lipinski definition) is 4. The molecule has 0 aromatic heterocycles. The molecule has 2 atom stereocenters. The summed E-state index contributed by atoms with van der Waals surface area (Å²) in [6, 6.07) is 8.63. The van der Waals surface area contributed by atoms with Crippen LogP contribution >= 0.6 is 11.8 Å². The highest BCUT2D eigenvalue weighted by molar-refractivity contribution is 7.99. The van der Waals surface area contributed by atoms with Gasteiger partial charge < -0.3 is 15.2 Å². The van der Waals surface area contributed by atoms with Crippen molar-refractivity contribution in [1.82, 2.24) is 5.32 Å². The van der Waals surface area contributed by atoms with E-state index in [1.54, 1.807) is 7.11 Å². The van der Waals surface area contributed by atoms with Crippen LogP contribution in [0.5, 0.6) is 0 Å². The molecule has 0 bridgehead atoms. The summed E-state index contributed by atoms with van der Waals surface area (Å²) in [5, 5.41) is 13.0. The van der Waals surface area contributed by atoms with Gasteiger partial charge in [0.25, 0.3) is 0 Å². The molecule has 0 fully saturated rings. The molecule has 0 saturated heterocycles. The van der Waals surface area contributed by atoms with Crippen LogP contribution in [0, 0.1) is 0 Å². The normalized spacial score (nSPS) is 14.4. The fraction of sp³-hybridized carbons (Fsp3) is 0.571. The lowest BCUT2D eigenvalue weighted by Crippen LogP contribution is -2.32. The fourth-order valence-electron chi connectivity index (χ4n) is 1.80. The van der Waals surface area contributed by atoms with E-state index in [2.05, 4.69) is 43.4 Å². The second kappa shape index (κ2) is 8.53. The van der Waals surface area contributed by atoms with E-state index in [1.165, 1.54) is 10.5 Å². The maximum atomic E-state index is 9.62.